The number of hydrogen-bond acceptors (Lipinski definition) is 4. The largest absolute Gasteiger partial charge is 0.497 e. The van der Waals surface area contributed by atoms with Crippen molar-refractivity contribution in [2.24, 2.45) is 0 Å². The highest BCUT2D eigenvalue weighted by atomic mass is 16.5. The van der Waals surface area contributed by atoms with Gasteiger partial charge in [-0.15, -0.1) is 0 Å². The van der Waals surface area contributed by atoms with Crippen LogP contribution in [0.4, 0.5) is 5.69 Å². The summed E-state index contributed by atoms with van der Waals surface area (Å²) in [5.74, 6) is 1.16. The van der Waals surface area contributed by atoms with Crippen molar-refractivity contribution in [2.45, 2.75) is 6.61 Å². The molecule has 1 amide bonds. The van der Waals surface area contributed by atoms with Crippen molar-refractivity contribution in [3.05, 3.63) is 89.5 Å². The number of anilines is 1. The zero-order valence-electron chi connectivity index (χ0n) is 14.8. The van der Waals surface area contributed by atoms with Gasteiger partial charge < -0.3 is 14.8 Å². The maximum Gasteiger partial charge on any atom is 0.255 e. The van der Waals surface area contributed by atoms with Crippen LogP contribution in [0.2, 0.25) is 0 Å². The van der Waals surface area contributed by atoms with E-state index in [-0.39, 0.29) is 5.91 Å². The third kappa shape index (κ3) is 4.86. The van der Waals surface area contributed by atoms with Crippen LogP contribution in [-0.4, -0.2) is 13.0 Å². The van der Waals surface area contributed by atoms with Gasteiger partial charge in [0.2, 0.25) is 0 Å². The van der Waals surface area contributed by atoms with E-state index in [0.29, 0.717) is 29.2 Å². The number of nitriles is 1. The van der Waals surface area contributed by atoms with Crippen LogP contribution < -0.4 is 14.8 Å². The maximum absolute atomic E-state index is 12.4. The lowest BCUT2D eigenvalue weighted by atomic mass is 10.2. The highest BCUT2D eigenvalue weighted by molar-refractivity contribution is 6.04. The molecule has 0 aliphatic heterocycles. The number of methoxy groups -OCH3 is 1. The van der Waals surface area contributed by atoms with Gasteiger partial charge >= 0.3 is 0 Å². The number of amides is 1. The zero-order valence-corrected chi connectivity index (χ0v) is 14.8. The first-order valence-electron chi connectivity index (χ1n) is 8.35. The van der Waals surface area contributed by atoms with Crippen LogP contribution in [0.15, 0.2) is 72.8 Å². The molecule has 0 aromatic heterocycles. The molecule has 134 valence electrons. The fourth-order valence-electron chi connectivity index (χ4n) is 2.45. The van der Waals surface area contributed by atoms with E-state index in [4.69, 9.17) is 14.7 Å². The van der Waals surface area contributed by atoms with Crippen LogP contribution in [0.1, 0.15) is 21.5 Å². The van der Waals surface area contributed by atoms with Gasteiger partial charge in [0.15, 0.2) is 0 Å². The second kappa shape index (κ2) is 8.54. The molecule has 0 bridgehead atoms. The fourth-order valence-corrected chi connectivity index (χ4v) is 2.45. The van der Waals surface area contributed by atoms with Crippen LogP contribution >= 0.6 is 0 Å². The van der Waals surface area contributed by atoms with Gasteiger partial charge in [-0.05, 0) is 60.2 Å². The van der Waals surface area contributed by atoms with E-state index in [0.717, 1.165) is 11.3 Å². The topological polar surface area (TPSA) is 71.3 Å². The van der Waals surface area contributed by atoms with E-state index in [1.807, 2.05) is 36.4 Å². The lowest BCUT2D eigenvalue weighted by Crippen LogP contribution is -2.12. The van der Waals surface area contributed by atoms with Crippen LogP contribution in [0, 0.1) is 11.3 Å². The van der Waals surface area contributed by atoms with Crippen molar-refractivity contribution in [3.63, 3.8) is 0 Å². The SMILES string of the molecule is COc1ccc(COc2cccc(C(=O)Nc3ccc(C#N)cc3)c2)cc1. The van der Waals surface area contributed by atoms with Crippen LogP contribution in [-0.2, 0) is 6.61 Å². The minimum absolute atomic E-state index is 0.241. The van der Waals surface area contributed by atoms with E-state index in [9.17, 15) is 4.79 Å². The maximum atomic E-state index is 12.4. The number of carbonyl (C=O) groups excluding carboxylic acids is 1. The van der Waals surface area contributed by atoms with Gasteiger partial charge in [-0.25, -0.2) is 0 Å². The molecule has 27 heavy (non-hydrogen) atoms. The molecule has 0 aliphatic carbocycles. The number of ether oxygens (including phenoxy) is 2. The monoisotopic (exact) mass is 358 g/mol. The van der Waals surface area contributed by atoms with Crippen molar-refractivity contribution >= 4 is 11.6 Å². The third-order valence-corrected chi connectivity index (χ3v) is 3.93. The van der Waals surface area contributed by atoms with E-state index in [2.05, 4.69) is 5.32 Å². The third-order valence-electron chi connectivity index (χ3n) is 3.93. The van der Waals surface area contributed by atoms with Crippen molar-refractivity contribution in [3.8, 4) is 17.6 Å². The Labute approximate surface area is 157 Å². The predicted octanol–water partition coefficient (Wildman–Crippen LogP) is 4.40. The summed E-state index contributed by atoms with van der Waals surface area (Å²) < 4.78 is 10.9. The first-order valence-corrected chi connectivity index (χ1v) is 8.35. The molecular weight excluding hydrogens is 340 g/mol. The Morgan fingerprint density at radius 2 is 1.74 bits per heavy atom. The summed E-state index contributed by atoms with van der Waals surface area (Å²) in [6, 6.07) is 23.4. The number of benzene rings is 3. The number of rotatable bonds is 6. The average molecular weight is 358 g/mol. The Kier molecular flexibility index (Phi) is 5.70. The summed E-state index contributed by atoms with van der Waals surface area (Å²) in [5, 5.41) is 11.6. The minimum Gasteiger partial charge on any atom is -0.497 e. The smallest absolute Gasteiger partial charge is 0.255 e. The second-order valence-corrected chi connectivity index (χ2v) is 5.81. The van der Waals surface area contributed by atoms with Crippen molar-refractivity contribution in [2.75, 3.05) is 12.4 Å². The van der Waals surface area contributed by atoms with Gasteiger partial charge in [0.05, 0.1) is 18.7 Å². The lowest BCUT2D eigenvalue weighted by molar-refractivity contribution is 0.102. The van der Waals surface area contributed by atoms with Crippen molar-refractivity contribution in [1.29, 1.82) is 5.26 Å². The van der Waals surface area contributed by atoms with Gasteiger partial charge in [0, 0.05) is 11.3 Å². The molecule has 0 fully saturated rings. The molecule has 0 atom stereocenters. The van der Waals surface area contributed by atoms with E-state index >= 15 is 0 Å². The fraction of sp³-hybridized carbons (Fsp3) is 0.0909. The number of carbonyl (C=O) groups is 1. The number of hydrogen-bond donors (Lipinski definition) is 1. The predicted molar refractivity (Wildman–Crippen MR) is 103 cm³/mol. The summed E-state index contributed by atoms with van der Waals surface area (Å²) in [6.07, 6.45) is 0. The average Bonchev–Trinajstić information content (AvgIpc) is 2.73. The first-order chi connectivity index (χ1) is 13.2. The molecule has 0 saturated heterocycles. The molecule has 0 aliphatic rings. The summed E-state index contributed by atoms with van der Waals surface area (Å²) in [6.45, 7) is 0.394. The quantitative estimate of drug-likeness (QED) is 0.709. The van der Waals surface area contributed by atoms with Crippen LogP contribution in [0.25, 0.3) is 0 Å². The molecule has 0 saturated carbocycles. The highest BCUT2D eigenvalue weighted by Gasteiger charge is 2.08. The first kappa shape index (κ1) is 18.0. The molecule has 0 unspecified atom stereocenters. The Balaban J connectivity index is 1.63. The van der Waals surface area contributed by atoms with Gasteiger partial charge in [-0.1, -0.05) is 18.2 Å². The standard InChI is InChI=1S/C22H18N2O3/c1-26-20-11-7-17(8-12-20)15-27-21-4-2-3-18(13-21)22(25)24-19-9-5-16(14-23)6-10-19/h2-13H,15H2,1H3,(H,24,25). The Hall–Kier alpha value is -3.78. The molecule has 3 aromatic rings. The zero-order chi connectivity index (χ0) is 19.1. The normalized spacial score (nSPS) is 9.93. The lowest BCUT2D eigenvalue weighted by Gasteiger charge is -2.09. The summed E-state index contributed by atoms with van der Waals surface area (Å²) in [5.41, 5.74) is 2.67. The number of nitrogens with zero attached hydrogens (tertiary/aromatic N) is 1. The number of nitrogens with one attached hydrogen (secondary N) is 1. The van der Waals surface area contributed by atoms with Crippen molar-refractivity contribution < 1.29 is 14.3 Å². The second-order valence-electron chi connectivity index (χ2n) is 5.81. The highest BCUT2D eigenvalue weighted by Crippen LogP contribution is 2.18. The van der Waals surface area contributed by atoms with Gasteiger partial charge in [0.25, 0.3) is 5.91 Å². The molecular formula is C22H18N2O3. The summed E-state index contributed by atoms with van der Waals surface area (Å²) in [4.78, 5) is 12.4. The molecule has 3 rings (SSSR count). The molecule has 1 N–H and O–H groups in total. The molecule has 3 aromatic carbocycles. The Bertz CT molecular complexity index is 958. The van der Waals surface area contributed by atoms with Gasteiger partial charge in [-0.2, -0.15) is 5.26 Å². The Morgan fingerprint density at radius 3 is 2.41 bits per heavy atom. The molecule has 0 radical (unpaired) electrons. The molecule has 5 heteroatoms. The van der Waals surface area contributed by atoms with E-state index in [1.54, 1.807) is 49.6 Å². The van der Waals surface area contributed by atoms with Crippen LogP contribution in [0.3, 0.4) is 0 Å². The molecule has 0 heterocycles. The minimum atomic E-state index is -0.241. The van der Waals surface area contributed by atoms with Gasteiger partial charge in [-0.3, -0.25) is 4.79 Å². The molecule has 5 nitrogen and oxygen atoms in total. The summed E-state index contributed by atoms with van der Waals surface area (Å²) >= 11 is 0. The molecule has 0 spiro atoms. The van der Waals surface area contributed by atoms with E-state index in [1.165, 1.54) is 0 Å². The summed E-state index contributed by atoms with van der Waals surface area (Å²) in [7, 11) is 1.62. The Morgan fingerprint density at radius 1 is 1.00 bits per heavy atom. The van der Waals surface area contributed by atoms with Crippen molar-refractivity contribution in [1.82, 2.24) is 0 Å². The van der Waals surface area contributed by atoms with Crippen LogP contribution in [0.5, 0.6) is 11.5 Å². The van der Waals surface area contributed by atoms with E-state index < -0.39 is 0 Å². The van der Waals surface area contributed by atoms with Gasteiger partial charge in [0.1, 0.15) is 18.1 Å².